The predicted octanol–water partition coefficient (Wildman–Crippen LogP) is 3.28. The van der Waals surface area contributed by atoms with Gasteiger partial charge in [0.15, 0.2) is 0 Å². The van der Waals surface area contributed by atoms with Crippen LogP contribution in [0, 0.1) is 0 Å². The fraction of sp³-hybridized carbons (Fsp3) is 0.444. The van der Waals surface area contributed by atoms with Gasteiger partial charge < -0.3 is 9.80 Å². The van der Waals surface area contributed by atoms with Crippen LogP contribution in [0.1, 0.15) is 31.2 Å². The summed E-state index contributed by atoms with van der Waals surface area (Å²) in [7, 11) is 0. The van der Waals surface area contributed by atoms with E-state index in [1.54, 1.807) is 6.21 Å². The SMILES string of the molecule is Brc1cccc(/C=N\Nc2nc(N3CCCC3)nc(N3CCCC3)n2)c1. The Morgan fingerprint density at radius 3 is 2.12 bits per heavy atom. The fourth-order valence-corrected chi connectivity index (χ4v) is 3.69. The topological polar surface area (TPSA) is 69.5 Å². The van der Waals surface area contributed by atoms with Crippen LogP contribution in [0.15, 0.2) is 33.8 Å². The van der Waals surface area contributed by atoms with Crippen molar-refractivity contribution in [2.75, 3.05) is 41.4 Å². The van der Waals surface area contributed by atoms with Crippen molar-refractivity contribution in [2.45, 2.75) is 25.7 Å². The third-order valence-corrected chi connectivity index (χ3v) is 5.11. The minimum Gasteiger partial charge on any atom is -0.341 e. The summed E-state index contributed by atoms with van der Waals surface area (Å²) in [5.41, 5.74) is 3.98. The molecule has 1 aromatic heterocycles. The first-order valence-electron chi connectivity index (χ1n) is 9.08. The Bertz CT molecular complexity index is 749. The Hall–Kier alpha value is -2.22. The minimum absolute atomic E-state index is 0.495. The smallest absolute Gasteiger partial charge is 0.250 e. The summed E-state index contributed by atoms with van der Waals surface area (Å²) in [6, 6.07) is 7.96. The van der Waals surface area contributed by atoms with E-state index in [0.717, 1.165) is 48.1 Å². The lowest BCUT2D eigenvalue weighted by molar-refractivity contribution is 0.838. The number of anilines is 3. The molecular formula is C18H22BrN7. The molecule has 0 radical (unpaired) electrons. The average Bonchev–Trinajstić information content (AvgIpc) is 3.36. The highest BCUT2D eigenvalue weighted by Crippen LogP contribution is 2.22. The third kappa shape index (κ3) is 4.12. The van der Waals surface area contributed by atoms with Gasteiger partial charge in [0, 0.05) is 30.7 Å². The zero-order valence-corrected chi connectivity index (χ0v) is 16.2. The monoisotopic (exact) mass is 415 g/mol. The molecule has 0 spiro atoms. The van der Waals surface area contributed by atoms with Gasteiger partial charge in [-0.25, -0.2) is 5.43 Å². The molecular weight excluding hydrogens is 394 g/mol. The van der Waals surface area contributed by atoms with Crippen LogP contribution in [0.5, 0.6) is 0 Å². The highest BCUT2D eigenvalue weighted by molar-refractivity contribution is 9.10. The molecule has 0 aliphatic carbocycles. The second-order valence-corrected chi connectivity index (χ2v) is 7.49. The van der Waals surface area contributed by atoms with E-state index in [4.69, 9.17) is 4.98 Å². The number of nitrogens with zero attached hydrogens (tertiary/aromatic N) is 6. The lowest BCUT2D eigenvalue weighted by Crippen LogP contribution is -2.25. The first-order valence-corrected chi connectivity index (χ1v) is 9.88. The van der Waals surface area contributed by atoms with Crippen molar-refractivity contribution < 1.29 is 0 Å². The van der Waals surface area contributed by atoms with Crippen LogP contribution >= 0.6 is 15.9 Å². The van der Waals surface area contributed by atoms with Crippen molar-refractivity contribution in [1.82, 2.24) is 15.0 Å². The number of hydrogen-bond donors (Lipinski definition) is 1. The largest absolute Gasteiger partial charge is 0.341 e. The summed E-state index contributed by atoms with van der Waals surface area (Å²) < 4.78 is 1.02. The van der Waals surface area contributed by atoms with Crippen molar-refractivity contribution in [3.8, 4) is 0 Å². The van der Waals surface area contributed by atoms with Gasteiger partial charge in [0.05, 0.1) is 6.21 Å². The first kappa shape index (κ1) is 17.2. The second-order valence-electron chi connectivity index (χ2n) is 6.57. The Morgan fingerprint density at radius 2 is 1.54 bits per heavy atom. The molecule has 3 heterocycles. The van der Waals surface area contributed by atoms with Crippen molar-refractivity contribution in [3.63, 3.8) is 0 Å². The number of nitrogens with one attached hydrogen (secondary N) is 1. The zero-order valence-electron chi connectivity index (χ0n) is 14.6. The first-order chi connectivity index (χ1) is 12.8. The molecule has 0 amide bonds. The van der Waals surface area contributed by atoms with Crippen LogP contribution in [0.25, 0.3) is 0 Å². The van der Waals surface area contributed by atoms with Gasteiger partial charge in [0.25, 0.3) is 0 Å². The lowest BCUT2D eigenvalue weighted by Gasteiger charge is -2.20. The Morgan fingerprint density at radius 1 is 0.923 bits per heavy atom. The van der Waals surface area contributed by atoms with Crippen LogP contribution in [0.2, 0.25) is 0 Å². The molecule has 4 rings (SSSR count). The van der Waals surface area contributed by atoms with Crippen LogP contribution in [-0.4, -0.2) is 47.3 Å². The normalized spacial score (nSPS) is 17.4. The van der Waals surface area contributed by atoms with Gasteiger partial charge in [-0.2, -0.15) is 20.1 Å². The molecule has 26 heavy (non-hydrogen) atoms. The number of benzene rings is 1. The maximum absolute atomic E-state index is 4.71. The van der Waals surface area contributed by atoms with Crippen molar-refractivity contribution >= 4 is 40.0 Å². The molecule has 0 bridgehead atoms. The average molecular weight is 416 g/mol. The molecule has 2 saturated heterocycles. The summed E-state index contributed by atoms with van der Waals surface area (Å²) in [5.74, 6) is 1.99. The summed E-state index contributed by atoms with van der Waals surface area (Å²) >= 11 is 3.47. The molecule has 7 nitrogen and oxygen atoms in total. The zero-order chi connectivity index (χ0) is 17.8. The van der Waals surface area contributed by atoms with Gasteiger partial charge in [0.2, 0.25) is 17.8 Å². The standard InChI is InChI=1S/C18H22BrN7/c19-15-7-5-6-14(12-15)13-20-24-16-21-17(25-8-1-2-9-25)23-18(22-16)26-10-3-4-11-26/h5-7,12-13H,1-4,8-11H2,(H,21,22,23,24)/b20-13-. The molecule has 2 fully saturated rings. The third-order valence-electron chi connectivity index (χ3n) is 4.62. The highest BCUT2D eigenvalue weighted by atomic mass is 79.9. The second kappa shape index (κ2) is 7.99. The number of aromatic nitrogens is 3. The van der Waals surface area contributed by atoms with Crippen LogP contribution < -0.4 is 15.2 Å². The summed E-state index contributed by atoms with van der Waals surface area (Å²) in [6.45, 7) is 4.02. The molecule has 1 N–H and O–H groups in total. The quantitative estimate of drug-likeness (QED) is 0.596. The lowest BCUT2D eigenvalue weighted by atomic mass is 10.2. The van der Waals surface area contributed by atoms with Gasteiger partial charge in [-0.05, 0) is 43.4 Å². The van der Waals surface area contributed by atoms with Crippen LogP contribution in [-0.2, 0) is 0 Å². The predicted molar refractivity (Wildman–Crippen MR) is 108 cm³/mol. The van der Waals surface area contributed by atoms with E-state index >= 15 is 0 Å². The Kier molecular flexibility index (Phi) is 5.29. The molecule has 2 aliphatic rings. The van der Waals surface area contributed by atoms with E-state index < -0.39 is 0 Å². The van der Waals surface area contributed by atoms with E-state index in [1.165, 1.54) is 25.7 Å². The van der Waals surface area contributed by atoms with Crippen molar-refractivity contribution in [2.24, 2.45) is 5.10 Å². The van der Waals surface area contributed by atoms with Gasteiger partial charge in [0.1, 0.15) is 0 Å². The Balaban J connectivity index is 1.55. The van der Waals surface area contributed by atoms with E-state index in [1.807, 2.05) is 24.3 Å². The maximum Gasteiger partial charge on any atom is 0.250 e. The number of rotatable bonds is 5. The van der Waals surface area contributed by atoms with E-state index in [2.05, 4.69) is 46.2 Å². The summed E-state index contributed by atoms with van der Waals surface area (Å²) in [5, 5.41) is 4.30. The van der Waals surface area contributed by atoms with Gasteiger partial charge in [-0.15, -0.1) is 0 Å². The number of halogens is 1. The van der Waals surface area contributed by atoms with Crippen molar-refractivity contribution in [3.05, 3.63) is 34.3 Å². The molecule has 0 atom stereocenters. The van der Waals surface area contributed by atoms with Crippen LogP contribution in [0.4, 0.5) is 17.8 Å². The molecule has 2 aromatic rings. The molecule has 2 aliphatic heterocycles. The van der Waals surface area contributed by atoms with Gasteiger partial charge >= 0.3 is 0 Å². The van der Waals surface area contributed by atoms with Crippen LogP contribution in [0.3, 0.4) is 0 Å². The van der Waals surface area contributed by atoms with Crippen molar-refractivity contribution in [1.29, 1.82) is 0 Å². The maximum atomic E-state index is 4.71. The van der Waals surface area contributed by atoms with Gasteiger partial charge in [-0.3, -0.25) is 0 Å². The molecule has 0 unspecified atom stereocenters. The minimum atomic E-state index is 0.495. The Labute approximate surface area is 161 Å². The summed E-state index contributed by atoms with van der Waals surface area (Å²) in [6.07, 6.45) is 6.52. The van der Waals surface area contributed by atoms with E-state index in [9.17, 15) is 0 Å². The fourth-order valence-electron chi connectivity index (χ4n) is 3.27. The molecule has 136 valence electrons. The number of hydrazone groups is 1. The molecule has 0 saturated carbocycles. The molecule has 1 aromatic carbocycles. The van der Waals surface area contributed by atoms with E-state index in [-0.39, 0.29) is 0 Å². The number of hydrogen-bond acceptors (Lipinski definition) is 7. The van der Waals surface area contributed by atoms with Gasteiger partial charge in [-0.1, -0.05) is 28.1 Å². The summed E-state index contributed by atoms with van der Waals surface area (Å²) in [4.78, 5) is 18.3. The van der Waals surface area contributed by atoms with E-state index in [0.29, 0.717) is 5.95 Å². The molecule has 8 heteroatoms. The highest BCUT2D eigenvalue weighted by Gasteiger charge is 2.21.